The summed E-state index contributed by atoms with van der Waals surface area (Å²) in [5, 5.41) is 0.335. The minimum atomic E-state index is -4.07. The van der Waals surface area contributed by atoms with Gasteiger partial charge in [0.05, 0.1) is 15.6 Å². The zero-order chi connectivity index (χ0) is 25.1. The van der Waals surface area contributed by atoms with Crippen molar-refractivity contribution in [3.63, 3.8) is 0 Å². The van der Waals surface area contributed by atoms with Crippen molar-refractivity contribution < 1.29 is 22.0 Å². The van der Waals surface area contributed by atoms with Crippen LogP contribution >= 0.6 is 11.6 Å². The number of halogens is 3. The molecule has 35 heavy (non-hydrogen) atoms. The van der Waals surface area contributed by atoms with Crippen LogP contribution in [0, 0.1) is 12.8 Å². The fraction of sp³-hybridized carbons (Fsp3) is 0.520. The van der Waals surface area contributed by atoms with Crippen molar-refractivity contribution in [3.8, 4) is 11.3 Å². The number of piperidine rings is 1. The van der Waals surface area contributed by atoms with Crippen LogP contribution in [0.5, 0.6) is 0 Å². The molecule has 0 spiro atoms. The molecule has 1 aromatic carbocycles. The Bertz CT molecular complexity index is 1260. The van der Waals surface area contributed by atoms with E-state index < -0.39 is 22.0 Å². The van der Waals surface area contributed by atoms with Gasteiger partial charge in [-0.3, -0.25) is 9.78 Å². The molecule has 0 unspecified atom stereocenters. The van der Waals surface area contributed by atoms with E-state index in [-0.39, 0.29) is 54.5 Å². The van der Waals surface area contributed by atoms with Crippen LogP contribution in [0.25, 0.3) is 11.3 Å². The summed E-state index contributed by atoms with van der Waals surface area (Å²) in [5.41, 5.74) is 1.62. The summed E-state index contributed by atoms with van der Waals surface area (Å²) < 4.78 is 56.8. The summed E-state index contributed by atoms with van der Waals surface area (Å²) >= 11 is 6.37. The van der Waals surface area contributed by atoms with Gasteiger partial charge in [-0.2, -0.15) is 4.31 Å². The molecule has 0 bridgehead atoms. The van der Waals surface area contributed by atoms with Crippen LogP contribution in [-0.4, -0.2) is 59.6 Å². The molecule has 3 aliphatic rings. The Balaban J connectivity index is 1.48. The molecule has 3 fully saturated rings. The van der Waals surface area contributed by atoms with Crippen LogP contribution in [-0.2, 0) is 14.8 Å². The molecule has 188 valence electrons. The maximum absolute atomic E-state index is 14.1. The normalized spacial score (nSPS) is 26.4. The number of nitrogens with zero attached hydrogens (tertiary/aromatic N) is 3. The Morgan fingerprint density at radius 3 is 2.60 bits per heavy atom. The summed E-state index contributed by atoms with van der Waals surface area (Å²) in [4.78, 5) is 19.4. The summed E-state index contributed by atoms with van der Waals surface area (Å²) in [6, 6.07) is 6.96. The second kappa shape index (κ2) is 8.78. The molecule has 1 aromatic heterocycles. The topological polar surface area (TPSA) is 70.6 Å². The smallest absolute Gasteiger partial charge is 0.248 e. The van der Waals surface area contributed by atoms with E-state index in [2.05, 4.69) is 4.98 Å². The summed E-state index contributed by atoms with van der Waals surface area (Å²) in [6.45, 7) is 1.86. The van der Waals surface area contributed by atoms with Crippen LogP contribution in [0.1, 0.15) is 44.1 Å². The van der Waals surface area contributed by atoms with E-state index in [1.807, 2.05) is 6.92 Å². The van der Waals surface area contributed by atoms with Gasteiger partial charge in [-0.05, 0) is 62.8 Å². The molecule has 2 saturated carbocycles. The molecule has 2 aromatic rings. The highest BCUT2D eigenvalue weighted by Crippen LogP contribution is 2.51. The van der Waals surface area contributed by atoms with Crippen molar-refractivity contribution in [2.75, 3.05) is 7.05 Å². The van der Waals surface area contributed by atoms with E-state index in [0.717, 1.165) is 5.56 Å². The Morgan fingerprint density at radius 2 is 1.91 bits per heavy atom. The van der Waals surface area contributed by atoms with Crippen LogP contribution < -0.4 is 0 Å². The van der Waals surface area contributed by atoms with Crippen molar-refractivity contribution in [2.24, 2.45) is 5.92 Å². The number of likely N-dealkylation sites (N-methyl/N-ethyl adjacent to an activating group) is 1. The van der Waals surface area contributed by atoms with Gasteiger partial charge in [0, 0.05) is 43.7 Å². The van der Waals surface area contributed by atoms with Crippen molar-refractivity contribution in [1.29, 1.82) is 0 Å². The second-order valence-electron chi connectivity index (χ2n) is 10.0. The number of sulfonamides is 1. The minimum absolute atomic E-state index is 0.0639. The molecule has 10 heteroatoms. The van der Waals surface area contributed by atoms with Gasteiger partial charge in [-0.1, -0.05) is 23.2 Å². The molecular weight excluding hydrogens is 496 g/mol. The van der Waals surface area contributed by atoms with Gasteiger partial charge in [0.2, 0.25) is 21.9 Å². The van der Waals surface area contributed by atoms with Crippen molar-refractivity contribution >= 4 is 27.5 Å². The number of fused-ring (bicyclic) bond motifs is 1. The van der Waals surface area contributed by atoms with E-state index in [9.17, 15) is 22.0 Å². The maximum Gasteiger partial charge on any atom is 0.248 e. The molecule has 2 heterocycles. The van der Waals surface area contributed by atoms with Gasteiger partial charge >= 0.3 is 0 Å². The number of amides is 1. The fourth-order valence-electron chi connectivity index (χ4n) is 5.55. The van der Waals surface area contributed by atoms with E-state index in [0.29, 0.717) is 29.1 Å². The number of hydrogen-bond acceptors (Lipinski definition) is 4. The zero-order valence-electron chi connectivity index (χ0n) is 19.6. The molecule has 1 amide bonds. The lowest BCUT2D eigenvalue weighted by molar-refractivity contribution is -0.138. The van der Waals surface area contributed by atoms with Crippen LogP contribution in [0.4, 0.5) is 8.78 Å². The Morgan fingerprint density at radius 1 is 1.20 bits per heavy atom. The lowest BCUT2D eigenvalue weighted by atomic mass is 9.91. The second-order valence-corrected chi connectivity index (χ2v) is 12.2. The molecule has 1 aliphatic heterocycles. The molecule has 2 aliphatic carbocycles. The molecular formula is C25H28ClF2N3O3S. The standard InChI is InChI=1S/C25H28ClF2N3O3S/c1-15-5-6-22(18(12-15)23-19(26)4-3-11-29-23)35(33,34)31-20-13-16(20)14-21(31)24(32)30(2)17-7-9-25(27,28)10-8-17/h3-6,11-12,16-17,20-21H,7-10,13-14H2,1-2H3/t16-,20-,21-/m0/s1. The zero-order valence-corrected chi connectivity index (χ0v) is 21.2. The number of carbonyl (C=O) groups excluding carboxylic acids is 1. The van der Waals surface area contributed by atoms with Crippen LogP contribution in [0.3, 0.4) is 0 Å². The first-order valence-corrected chi connectivity index (χ1v) is 13.7. The van der Waals surface area contributed by atoms with Gasteiger partial charge in [0.1, 0.15) is 6.04 Å². The number of aromatic nitrogens is 1. The SMILES string of the molecule is Cc1ccc(S(=O)(=O)N2[C@H](C(=O)N(C)C3CCC(F)(F)CC3)C[C@@H]3C[C@@H]32)c(-c2ncccc2Cl)c1. The van der Waals surface area contributed by atoms with Gasteiger partial charge in [-0.15, -0.1) is 0 Å². The predicted molar refractivity (Wildman–Crippen MR) is 129 cm³/mol. The molecule has 0 N–H and O–H groups in total. The molecule has 3 atom stereocenters. The molecule has 6 nitrogen and oxygen atoms in total. The maximum atomic E-state index is 14.1. The quantitative estimate of drug-likeness (QED) is 0.559. The van der Waals surface area contributed by atoms with Gasteiger partial charge in [0.15, 0.2) is 0 Å². The van der Waals surface area contributed by atoms with Crippen LogP contribution in [0.2, 0.25) is 5.02 Å². The Hall–Kier alpha value is -2.10. The molecule has 1 saturated heterocycles. The fourth-order valence-corrected chi connectivity index (χ4v) is 7.80. The molecule has 0 radical (unpaired) electrons. The van der Waals surface area contributed by atoms with Gasteiger partial charge < -0.3 is 4.90 Å². The predicted octanol–water partition coefficient (Wildman–Crippen LogP) is 4.90. The third-order valence-corrected chi connectivity index (χ3v) is 9.91. The van der Waals surface area contributed by atoms with E-state index in [1.54, 1.807) is 43.6 Å². The Kier molecular flexibility index (Phi) is 6.17. The first-order valence-electron chi connectivity index (χ1n) is 11.9. The first-order chi connectivity index (χ1) is 16.5. The van der Waals surface area contributed by atoms with Crippen molar-refractivity contribution in [2.45, 2.75) is 74.4 Å². The molecule has 5 rings (SSSR count). The van der Waals surface area contributed by atoms with Crippen molar-refractivity contribution in [1.82, 2.24) is 14.2 Å². The summed E-state index contributed by atoms with van der Waals surface area (Å²) in [6.07, 6.45) is 2.62. The van der Waals surface area contributed by atoms with E-state index in [1.165, 1.54) is 9.21 Å². The summed E-state index contributed by atoms with van der Waals surface area (Å²) in [5.74, 6) is -2.88. The first kappa shape index (κ1) is 24.6. The van der Waals surface area contributed by atoms with Gasteiger partial charge in [0.25, 0.3) is 0 Å². The minimum Gasteiger partial charge on any atom is -0.341 e. The van der Waals surface area contributed by atoms with Crippen LogP contribution in [0.15, 0.2) is 41.4 Å². The third kappa shape index (κ3) is 4.47. The van der Waals surface area contributed by atoms with E-state index in [4.69, 9.17) is 11.6 Å². The number of alkyl halides is 2. The highest BCUT2D eigenvalue weighted by Gasteiger charge is 2.60. The monoisotopic (exact) mass is 523 g/mol. The number of pyridine rings is 1. The average Bonchev–Trinajstić information content (AvgIpc) is 3.46. The Labute approximate surface area is 209 Å². The highest BCUT2D eigenvalue weighted by atomic mass is 35.5. The summed E-state index contributed by atoms with van der Waals surface area (Å²) in [7, 11) is -2.46. The third-order valence-electron chi connectivity index (χ3n) is 7.62. The number of carbonyl (C=O) groups is 1. The average molecular weight is 524 g/mol. The number of rotatable bonds is 5. The lowest BCUT2D eigenvalue weighted by Gasteiger charge is -2.37. The number of benzene rings is 1. The van der Waals surface area contributed by atoms with Gasteiger partial charge in [-0.25, -0.2) is 17.2 Å². The number of aryl methyl sites for hydroxylation is 1. The lowest BCUT2D eigenvalue weighted by Crippen LogP contribution is -2.52. The van der Waals surface area contributed by atoms with Crippen molar-refractivity contribution in [3.05, 3.63) is 47.1 Å². The van der Waals surface area contributed by atoms with E-state index >= 15 is 0 Å². The largest absolute Gasteiger partial charge is 0.341 e. The number of hydrogen-bond donors (Lipinski definition) is 0. The highest BCUT2D eigenvalue weighted by molar-refractivity contribution is 7.89.